The molecule has 4 rings (SSSR count). The Bertz CT molecular complexity index is 808. The Labute approximate surface area is 116 Å². The molecule has 20 heavy (non-hydrogen) atoms. The lowest BCUT2D eigenvalue weighted by molar-refractivity contribution is 0.174. The third-order valence-corrected chi connectivity index (χ3v) is 3.58. The van der Waals surface area contributed by atoms with Crippen molar-refractivity contribution < 1.29 is 14.6 Å². The van der Waals surface area contributed by atoms with Crippen molar-refractivity contribution >= 4 is 10.8 Å². The fourth-order valence-corrected chi connectivity index (χ4v) is 2.60. The molecule has 1 aliphatic rings. The summed E-state index contributed by atoms with van der Waals surface area (Å²) in [5, 5.41) is 11.8. The quantitative estimate of drug-likeness (QED) is 0.723. The predicted molar refractivity (Wildman–Crippen MR) is 77.2 cm³/mol. The lowest BCUT2D eigenvalue weighted by Crippen LogP contribution is -1.92. The van der Waals surface area contributed by atoms with E-state index in [1.54, 1.807) is 6.07 Å². The number of phenols is 1. The fourth-order valence-electron chi connectivity index (χ4n) is 2.60. The van der Waals surface area contributed by atoms with Gasteiger partial charge in [0.2, 0.25) is 6.79 Å². The Morgan fingerprint density at radius 3 is 2.50 bits per heavy atom. The van der Waals surface area contributed by atoms with E-state index in [-0.39, 0.29) is 6.79 Å². The van der Waals surface area contributed by atoms with Crippen LogP contribution in [0.5, 0.6) is 17.2 Å². The largest absolute Gasteiger partial charge is 0.507 e. The van der Waals surface area contributed by atoms with Crippen LogP contribution in [0, 0.1) is 0 Å². The van der Waals surface area contributed by atoms with Gasteiger partial charge in [-0.15, -0.1) is 0 Å². The molecule has 0 aliphatic carbocycles. The maximum Gasteiger partial charge on any atom is 0.231 e. The smallest absolute Gasteiger partial charge is 0.231 e. The molecule has 0 bridgehead atoms. The first-order valence-corrected chi connectivity index (χ1v) is 6.44. The van der Waals surface area contributed by atoms with Crippen LogP contribution in [-0.4, -0.2) is 11.9 Å². The zero-order chi connectivity index (χ0) is 13.5. The molecule has 0 aromatic heterocycles. The lowest BCUT2D eigenvalue weighted by atomic mass is 9.97. The molecule has 0 spiro atoms. The maximum atomic E-state index is 9.95. The number of aromatic hydroxyl groups is 1. The van der Waals surface area contributed by atoms with Gasteiger partial charge in [0, 0.05) is 5.39 Å². The molecule has 0 amide bonds. The Morgan fingerprint density at radius 2 is 1.60 bits per heavy atom. The lowest BCUT2D eigenvalue weighted by Gasteiger charge is -2.09. The summed E-state index contributed by atoms with van der Waals surface area (Å²) in [6.07, 6.45) is 0. The van der Waals surface area contributed by atoms with Crippen molar-refractivity contribution in [2.45, 2.75) is 0 Å². The van der Waals surface area contributed by atoms with Gasteiger partial charge in [-0.3, -0.25) is 0 Å². The summed E-state index contributed by atoms with van der Waals surface area (Å²) < 4.78 is 10.8. The molecule has 0 saturated carbocycles. The van der Waals surface area contributed by atoms with E-state index in [0.717, 1.165) is 33.4 Å². The van der Waals surface area contributed by atoms with E-state index >= 15 is 0 Å². The molecule has 0 unspecified atom stereocenters. The summed E-state index contributed by atoms with van der Waals surface area (Å²) >= 11 is 0. The summed E-state index contributed by atoms with van der Waals surface area (Å²) in [7, 11) is 0. The summed E-state index contributed by atoms with van der Waals surface area (Å²) in [5.74, 6) is 1.83. The molecule has 0 atom stereocenters. The highest BCUT2D eigenvalue weighted by Crippen LogP contribution is 2.39. The minimum Gasteiger partial charge on any atom is -0.507 e. The molecule has 1 heterocycles. The number of benzene rings is 3. The second-order valence-corrected chi connectivity index (χ2v) is 4.75. The highest BCUT2D eigenvalue weighted by molar-refractivity contribution is 6.00. The molecular formula is C17H12O3. The van der Waals surface area contributed by atoms with Gasteiger partial charge >= 0.3 is 0 Å². The first-order chi connectivity index (χ1) is 9.83. The summed E-state index contributed by atoms with van der Waals surface area (Å²) in [6, 6.07) is 17.4. The van der Waals surface area contributed by atoms with Crippen LogP contribution in [0.4, 0.5) is 0 Å². The molecule has 3 aromatic rings. The van der Waals surface area contributed by atoms with Gasteiger partial charge in [0.15, 0.2) is 11.5 Å². The Kier molecular flexibility index (Phi) is 2.33. The van der Waals surface area contributed by atoms with Gasteiger partial charge in [0.25, 0.3) is 0 Å². The van der Waals surface area contributed by atoms with Crippen LogP contribution >= 0.6 is 0 Å². The third-order valence-electron chi connectivity index (χ3n) is 3.58. The van der Waals surface area contributed by atoms with Crippen LogP contribution in [0.15, 0.2) is 54.6 Å². The molecule has 98 valence electrons. The Balaban J connectivity index is 1.97. The van der Waals surface area contributed by atoms with Crippen molar-refractivity contribution in [1.29, 1.82) is 0 Å². The maximum absolute atomic E-state index is 9.95. The van der Waals surface area contributed by atoms with Gasteiger partial charge in [-0.1, -0.05) is 36.4 Å². The van der Waals surface area contributed by atoms with Crippen molar-refractivity contribution in [1.82, 2.24) is 0 Å². The van der Waals surface area contributed by atoms with Crippen LogP contribution in [0.3, 0.4) is 0 Å². The Morgan fingerprint density at radius 1 is 0.800 bits per heavy atom. The number of ether oxygens (including phenoxy) is 2. The monoisotopic (exact) mass is 264 g/mol. The molecule has 1 aliphatic heterocycles. The van der Waals surface area contributed by atoms with Gasteiger partial charge in [0.1, 0.15) is 5.75 Å². The van der Waals surface area contributed by atoms with Crippen LogP contribution in [0.2, 0.25) is 0 Å². The normalized spacial score (nSPS) is 12.8. The summed E-state index contributed by atoms with van der Waals surface area (Å²) in [5.41, 5.74) is 2.11. The number of fused-ring (bicyclic) bond motifs is 2. The minimum absolute atomic E-state index is 0.273. The highest BCUT2D eigenvalue weighted by atomic mass is 16.7. The zero-order valence-corrected chi connectivity index (χ0v) is 10.7. The molecule has 3 heteroatoms. The Hall–Kier alpha value is -2.68. The highest BCUT2D eigenvalue weighted by Gasteiger charge is 2.15. The van der Waals surface area contributed by atoms with E-state index in [0.29, 0.717) is 5.75 Å². The van der Waals surface area contributed by atoms with E-state index in [2.05, 4.69) is 0 Å². The van der Waals surface area contributed by atoms with Crippen LogP contribution in [0.1, 0.15) is 0 Å². The van der Waals surface area contributed by atoms with E-state index in [9.17, 15) is 5.11 Å². The standard InChI is InChI=1S/C17H12O3/c18-15-7-6-12(13-3-1-2-4-14(13)15)11-5-8-16-17(9-11)20-10-19-16/h1-9,18H,10H2. The molecule has 1 N–H and O–H groups in total. The van der Waals surface area contributed by atoms with Crippen molar-refractivity contribution in [2.75, 3.05) is 6.79 Å². The second kappa shape index (κ2) is 4.17. The number of hydrogen-bond acceptors (Lipinski definition) is 3. The SMILES string of the molecule is Oc1ccc(-c2ccc3c(c2)OCO3)c2ccccc12. The van der Waals surface area contributed by atoms with Gasteiger partial charge in [-0.25, -0.2) is 0 Å². The number of phenolic OH excluding ortho intramolecular Hbond substituents is 1. The average Bonchev–Trinajstić information content (AvgIpc) is 2.95. The number of rotatable bonds is 1. The first kappa shape index (κ1) is 11.2. The van der Waals surface area contributed by atoms with Crippen molar-refractivity contribution in [3.05, 3.63) is 54.6 Å². The first-order valence-electron chi connectivity index (χ1n) is 6.44. The number of hydrogen-bond donors (Lipinski definition) is 1. The van der Waals surface area contributed by atoms with Gasteiger partial charge in [0.05, 0.1) is 0 Å². The van der Waals surface area contributed by atoms with E-state index < -0.39 is 0 Å². The van der Waals surface area contributed by atoms with Gasteiger partial charge in [-0.2, -0.15) is 0 Å². The van der Waals surface area contributed by atoms with Gasteiger partial charge in [-0.05, 0) is 34.7 Å². The topological polar surface area (TPSA) is 38.7 Å². The van der Waals surface area contributed by atoms with Crippen LogP contribution < -0.4 is 9.47 Å². The predicted octanol–water partition coefficient (Wildman–Crippen LogP) is 3.94. The summed E-state index contributed by atoms with van der Waals surface area (Å²) in [4.78, 5) is 0. The van der Waals surface area contributed by atoms with Gasteiger partial charge < -0.3 is 14.6 Å². The molecule has 0 saturated heterocycles. The van der Waals surface area contributed by atoms with E-state index in [1.165, 1.54) is 0 Å². The van der Waals surface area contributed by atoms with Crippen molar-refractivity contribution in [3.63, 3.8) is 0 Å². The van der Waals surface area contributed by atoms with Crippen molar-refractivity contribution in [2.24, 2.45) is 0 Å². The van der Waals surface area contributed by atoms with E-state index in [1.807, 2.05) is 48.5 Å². The summed E-state index contributed by atoms with van der Waals surface area (Å²) in [6.45, 7) is 0.273. The molecule has 3 nitrogen and oxygen atoms in total. The minimum atomic E-state index is 0.273. The van der Waals surface area contributed by atoms with E-state index in [4.69, 9.17) is 9.47 Å². The average molecular weight is 264 g/mol. The molecule has 0 fully saturated rings. The fraction of sp³-hybridized carbons (Fsp3) is 0.0588. The zero-order valence-electron chi connectivity index (χ0n) is 10.7. The molecule has 3 aromatic carbocycles. The van der Waals surface area contributed by atoms with Crippen LogP contribution in [0.25, 0.3) is 21.9 Å². The third kappa shape index (κ3) is 1.60. The molecular weight excluding hydrogens is 252 g/mol. The van der Waals surface area contributed by atoms with Crippen molar-refractivity contribution in [3.8, 4) is 28.4 Å². The molecule has 0 radical (unpaired) electrons. The second-order valence-electron chi connectivity index (χ2n) is 4.75. The van der Waals surface area contributed by atoms with Crippen LogP contribution in [-0.2, 0) is 0 Å².